The van der Waals surface area contributed by atoms with Crippen LogP contribution in [0.3, 0.4) is 0 Å². The van der Waals surface area contributed by atoms with E-state index < -0.39 is 11.4 Å². The summed E-state index contributed by atoms with van der Waals surface area (Å²) in [6, 6.07) is 0. The summed E-state index contributed by atoms with van der Waals surface area (Å²) in [4.78, 5) is 23.3. The van der Waals surface area contributed by atoms with Gasteiger partial charge in [0.25, 0.3) is 5.24 Å². The average molecular weight is 269 g/mol. The first-order chi connectivity index (χ1) is 8.47. The number of carboxylic acid groups (broad SMARTS) is 1. The van der Waals surface area contributed by atoms with E-state index >= 15 is 0 Å². The molecular weight excluding hydrogens is 250 g/mol. The number of carboxylic acids is 1. The van der Waals surface area contributed by atoms with Gasteiger partial charge in [-0.2, -0.15) is 0 Å². The van der Waals surface area contributed by atoms with Gasteiger partial charge in [-0.15, -0.1) is 0 Å². The Morgan fingerprint density at radius 3 is 2.33 bits per heavy atom. The highest BCUT2D eigenvalue weighted by Crippen LogP contribution is 2.61. The number of thioether (sulfide) groups is 1. The van der Waals surface area contributed by atoms with Crippen molar-refractivity contribution >= 4 is 23.0 Å². The molecular formula is C13H19NO3S. The molecule has 0 radical (unpaired) electrons. The Balaban J connectivity index is 1.89. The van der Waals surface area contributed by atoms with Crippen molar-refractivity contribution in [2.75, 3.05) is 6.26 Å². The molecule has 0 heterocycles. The van der Waals surface area contributed by atoms with Crippen LogP contribution in [0.2, 0.25) is 0 Å². The van der Waals surface area contributed by atoms with Gasteiger partial charge in [0.05, 0.1) is 5.41 Å². The van der Waals surface area contributed by atoms with Crippen LogP contribution in [-0.2, 0) is 4.79 Å². The van der Waals surface area contributed by atoms with Crippen molar-refractivity contribution < 1.29 is 14.7 Å². The molecule has 2 N–H and O–H groups in total. The summed E-state index contributed by atoms with van der Waals surface area (Å²) < 4.78 is 0. The second-order valence-electron chi connectivity index (χ2n) is 6.44. The van der Waals surface area contributed by atoms with Gasteiger partial charge in [0.2, 0.25) is 0 Å². The number of nitrogens with one attached hydrogen (secondary N) is 1. The van der Waals surface area contributed by atoms with Crippen LogP contribution in [-0.4, -0.2) is 28.1 Å². The lowest BCUT2D eigenvalue weighted by molar-refractivity contribution is -0.167. The van der Waals surface area contributed by atoms with Crippen LogP contribution in [0.5, 0.6) is 0 Å². The molecule has 0 spiro atoms. The van der Waals surface area contributed by atoms with Gasteiger partial charge in [-0.05, 0) is 56.6 Å². The van der Waals surface area contributed by atoms with Crippen LogP contribution in [0.1, 0.15) is 38.5 Å². The van der Waals surface area contributed by atoms with Crippen molar-refractivity contribution in [2.24, 2.45) is 17.3 Å². The Hall–Kier alpha value is -0.710. The van der Waals surface area contributed by atoms with Gasteiger partial charge >= 0.3 is 5.97 Å². The number of hydrogen-bond donors (Lipinski definition) is 2. The third kappa shape index (κ3) is 1.75. The van der Waals surface area contributed by atoms with Crippen LogP contribution in [0.15, 0.2) is 0 Å². The molecule has 4 bridgehead atoms. The summed E-state index contributed by atoms with van der Waals surface area (Å²) in [5.74, 6) is 0.327. The average Bonchev–Trinajstić information content (AvgIpc) is 2.26. The van der Waals surface area contributed by atoms with E-state index in [9.17, 15) is 14.7 Å². The predicted octanol–water partition coefficient (Wildman–Crippen LogP) is 2.48. The van der Waals surface area contributed by atoms with Crippen LogP contribution in [0, 0.1) is 17.3 Å². The van der Waals surface area contributed by atoms with Gasteiger partial charge in [-0.25, -0.2) is 0 Å². The molecule has 4 nitrogen and oxygen atoms in total. The zero-order valence-electron chi connectivity index (χ0n) is 10.6. The van der Waals surface area contributed by atoms with Crippen molar-refractivity contribution in [3.05, 3.63) is 0 Å². The highest BCUT2D eigenvalue weighted by molar-refractivity contribution is 8.12. The Bertz CT molecular complexity index is 395. The fraction of sp³-hybridized carbons (Fsp3) is 0.846. The first kappa shape index (κ1) is 12.3. The van der Waals surface area contributed by atoms with Crippen molar-refractivity contribution in [3.63, 3.8) is 0 Å². The van der Waals surface area contributed by atoms with Gasteiger partial charge in [-0.3, -0.25) is 9.59 Å². The summed E-state index contributed by atoms with van der Waals surface area (Å²) in [7, 11) is 0. The highest BCUT2D eigenvalue weighted by Gasteiger charge is 2.61. The molecule has 100 valence electrons. The Morgan fingerprint density at radius 2 is 1.83 bits per heavy atom. The summed E-state index contributed by atoms with van der Waals surface area (Å²) in [5.41, 5.74) is -0.793. The van der Waals surface area contributed by atoms with E-state index in [0.29, 0.717) is 18.3 Å². The van der Waals surface area contributed by atoms with Gasteiger partial charge in [0.1, 0.15) is 0 Å². The fourth-order valence-electron chi connectivity index (χ4n) is 4.93. The third-order valence-electron chi connectivity index (χ3n) is 5.07. The number of amides is 1. The molecule has 4 aliphatic carbocycles. The van der Waals surface area contributed by atoms with E-state index in [4.69, 9.17) is 0 Å². The Morgan fingerprint density at radius 1 is 1.22 bits per heavy atom. The maximum atomic E-state index is 11.7. The van der Waals surface area contributed by atoms with E-state index in [2.05, 4.69) is 5.32 Å². The lowest BCUT2D eigenvalue weighted by Gasteiger charge is -2.60. The van der Waals surface area contributed by atoms with Crippen molar-refractivity contribution in [1.82, 2.24) is 5.32 Å². The summed E-state index contributed by atoms with van der Waals surface area (Å²) in [5, 5.41) is 12.7. The molecule has 0 aromatic rings. The zero-order chi connectivity index (χ0) is 13.0. The maximum Gasteiger partial charge on any atom is 0.309 e. The number of hydrogen-bond acceptors (Lipinski definition) is 3. The second kappa shape index (κ2) is 3.89. The zero-order valence-corrected chi connectivity index (χ0v) is 11.4. The van der Waals surface area contributed by atoms with Crippen LogP contribution >= 0.6 is 11.8 Å². The van der Waals surface area contributed by atoms with Crippen LogP contribution in [0.4, 0.5) is 4.79 Å². The standard InChI is InChI=1S/C13H19NO3S/c1-18-11(17)14-13-5-8-2-9(6-13)4-12(3-8,7-13)10(15)16/h8-9H,2-7H2,1H3,(H,14,17)(H,15,16)/t8-,9+,12?,13?. The molecule has 2 unspecified atom stereocenters. The van der Waals surface area contributed by atoms with Gasteiger partial charge in [0, 0.05) is 5.54 Å². The topological polar surface area (TPSA) is 66.4 Å². The minimum atomic E-state index is -0.653. The predicted molar refractivity (Wildman–Crippen MR) is 69.5 cm³/mol. The van der Waals surface area contributed by atoms with Crippen molar-refractivity contribution in [1.29, 1.82) is 0 Å². The van der Waals surface area contributed by atoms with Gasteiger partial charge in [0.15, 0.2) is 0 Å². The minimum absolute atomic E-state index is 0.0162. The summed E-state index contributed by atoms with van der Waals surface area (Å²) in [6.45, 7) is 0. The number of carbonyl (C=O) groups is 2. The summed E-state index contributed by atoms with van der Waals surface area (Å²) >= 11 is 1.18. The SMILES string of the molecule is CSC(=O)NC12C[C@H]3C[C@@H](C1)CC(C(=O)O)(C3)C2. The summed E-state index contributed by atoms with van der Waals surface area (Å²) in [6.07, 6.45) is 7.14. The van der Waals surface area contributed by atoms with E-state index in [1.54, 1.807) is 6.26 Å². The number of rotatable bonds is 2. The quantitative estimate of drug-likeness (QED) is 0.808. The van der Waals surface area contributed by atoms with E-state index in [1.165, 1.54) is 11.8 Å². The van der Waals surface area contributed by atoms with Crippen molar-refractivity contribution in [3.8, 4) is 0 Å². The van der Waals surface area contributed by atoms with Crippen LogP contribution < -0.4 is 5.32 Å². The van der Waals surface area contributed by atoms with E-state index in [1.807, 2.05) is 0 Å². The molecule has 4 aliphatic rings. The highest BCUT2D eigenvalue weighted by atomic mass is 32.2. The Labute approximate surface area is 111 Å². The molecule has 0 aliphatic heterocycles. The smallest absolute Gasteiger partial charge is 0.309 e. The van der Waals surface area contributed by atoms with Crippen molar-refractivity contribution in [2.45, 2.75) is 44.1 Å². The number of carbonyl (C=O) groups excluding carboxylic acids is 1. The van der Waals surface area contributed by atoms with E-state index in [0.717, 1.165) is 32.1 Å². The molecule has 4 saturated carbocycles. The molecule has 4 fully saturated rings. The van der Waals surface area contributed by atoms with Gasteiger partial charge < -0.3 is 10.4 Å². The maximum absolute atomic E-state index is 11.7. The second-order valence-corrected chi connectivity index (χ2v) is 7.22. The van der Waals surface area contributed by atoms with E-state index in [-0.39, 0.29) is 10.8 Å². The minimum Gasteiger partial charge on any atom is -0.481 e. The normalized spacial score (nSPS) is 44.9. The lowest BCUT2D eigenvalue weighted by atomic mass is 9.47. The molecule has 5 heteroatoms. The monoisotopic (exact) mass is 269 g/mol. The largest absolute Gasteiger partial charge is 0.481 e. The molecule has 0 aromatic heterocycles. The molecule has 18 heavy (non-hydrogen) atoms. The number of aliphatic carboxylic acids is 1. The molecule has 1 amide bonds. The molecule has 4 rings (SSSR count). The van der Waals surface area contributed by atoms with Crippen LogP contribution in [0.25, 0.3) is 0 Å². The Kier molecular flexibility index (Phi) is 2.66. The molecule has 4 atom stereocenters. The van der Waals surface area contributed by atoms with Gasteiger partial charge in [-0.1, -0.05) is 11.8 Å². The first-order valence-corrected chi connectivity index (χ1v) is 7.79. The first-order valence-electron chi connectivity index (χ1n) is 6.57. The lowest BCUT2D eigenvalue weighted by Crippen LogP contribution is -2.64. The fourth-order valence-corrected chi connectivity index (χ4v) is 5.25. The molecule has 0 aromatic carbocycles. The molecule has 0 saturated heterocycles. The third-order valence-corrected chi connectivity index (χ3v) is 5.54.